The Kier molecular flexibility index (Phi) is 7.09. The molecule has 2 aromatic carbocycles. The second-order valence-corrected chi connectivity index (χ2v) is 8.98. The lowest BCUT2D eigenvalue weighted by Gasteiger charge is -2.14. The minimum Gasteiger partial charge on any atom is -0.496 e. The summed E-state index contributed by atoms with van der Waals surface area (Å²) in [6.45, 7) is 2.01. The highest BCUT2D eigenvalue weighted by Gasteiger charge is 2.21. The first-order valence-corrected chi connectivity index (χ1v) is 12.4. The van der Waals surface area contributed by atoms with E-state index in [1.54, 1.807) is 7.11 Å². The monoisotopic (exact) mass is 471 g/mol. The Morgan fingerprint density at radius 1 is 1.03 bits per heavy atom. The zero-order valence-electron chi connectivity index (χ0n) is 20.2. The third kappa shape index (κ3) is 5.07. The fourth-order valence-electron chi connectivity index (χ4n) is 4.74. The number of para-hydroxylation sites is 1. The van der Waals surface area contributed by atoms with Crippen molar-refractivity contribution < 1.29 is 4.74 Å². The van der Waals surface area contributed by atoms with Crippen molar-refractivity contribution in [3.63, 3.8) is 0 Å². The third-order valence-corrected chi connectivity index (χ3v) is 6.64. The molecule has 1 saturated carbocycles. The van der Waals surface area contributed by atoms with Gasteiger partial charge in [-0.1, -0.05) is 55.3 Å². The molecular formula is C27H33N7O. The first-order valence-electron chi connectivity index (χ1n) is 12.4. The van der Waals surface area contributed by atoms with E-state index in [1.807, 2.05) is 24.5 Å². The smallest absolute Gasteiger partial charge is 0.226 e. The van der Waals surface area contributed by atoms with Crippen molar-refractivity contribution in [1.29, 1.82) is 0 Å². The predicted octanol–water partition coefficient (Wildman–Crippen LogP) is 4.99. The van der Waals surface area contributed by atoms with E-state index in [4.69, 9.17) is 25.4 Å². The molecule has 0 radical (unpaired) electrons. The molecule has 1 fully saturated rings. The second-order valence-electron chi connectivity index (χ2n) is 8.98. The van der Waals surface area contributed by atoms with Crippen LogP contribution in [0.15, 0.2) is 54.9 Å². The molecule has 0 amide bonds. The Morgan fingerprint density at radius 3 is 2.60 bits per heavy atom. The minimum atomic E-state index is 0.460. The number of rotatable bonds is 10. The van der Waals surface area contributed by atoms with Gasteiger partial charge >= 0.3 is 0 Å². The van der Waals surface area contributed by atoms with Crippen LogP contribution < -0.4 is 21.1 Å². The van der Waals surface area contributed by atoms with E-state index in [9.17, 15) is 0 Å². The van der Waals surface area contributed by atoms with Crippen LogP contribution in [0.2, 0.25) is 0 Å². The maximum Gasteiger partial charge on any atom is 0.226 e. The van der Waals surface area contributed by atoms with Crippen LogP contribution >= 0.6 is 0 Å². The SMILES string of the molecule is COc1ccccc1-c1ccc(CNc2nc(NCCCN)nc3c2ncn3C2CCCC2)cc1. The Hall–Kier alpha value is -3.65. The summed E-state index contributed by atoms with van der Waals surface area (Å²) in [6, 6.07) is 17.0. The van der Waals surface area contributed by atoms with Crippen LogP contribution in [0.1, 0.15) is 43.7 Å². The van der Waals surface area contributed by atoms with Gasteiger partial charge in [0.05, 0.1) is 13.4 Å². The molecule has 4 N–H and O–H groups in total. The number of aromatic nitrogens is 4. The van der Waals surface area contributed by atoms with E-state index in [-0.39, 0.29) is 0 Å². The summed E-state index contributed by atoms with van der Waals surface area (Å²) in [5, 5.41) is 6.83. The highest BCUT2D eigenvalue weighted by Crippen LogP contribution is 2.33. The first kappa shape index (κ1) is 23.1. The van der Waals surface area contributed by atoms with Crippen molar-refractivity contribution in [2.45, 2.75) is 44.7 Å². The van der Waals surface area contributed by atoms with Crippen molar-refractivity contribution in [3.05, 3.63) is 60.4 Å². The summed E-state index contributed by atoms with van der Waals surface area (Å²) in [5.74, 6) is 2.23. The van der Waals surface area contributed by atoms with Crippen molar-refractivity contribution in [3.8, 4) is 16.9 Å². The molecular weight excluding hydrogens is 438 g/mol. The molecule has 2 heterocycles. The lowest BCUT2D eigenvalue weighted by molar-refractivity contribution is 0.416. The molecule has 8 heteroatoms. The largest absolute Gasteiger partial charge is 0.496 e. The number of methoxy groups -OCH3 is 1. The number of nitrogens with two attached hydrogens (primary N) is 1. The number of imidazole rings is 1. The van der Waals surface area contributed by atoms with Gasteiger partial charge in [0.15, 0.2) is 17.0 Å². The van der Waals surface area contributed by atoms with Crippen LogP contribution in [-0.4, -0.2) is 39.7 Å². The number of hydrogen-bond acceptors (Lipinski definition) is 7. The second kappa shape index (κ2) is 10.7. The van der Waals surface area contributed by atoms with Gasteiger partial charge in [0.1, 0.15) is 5.75 Å². The molecule has 5 rings (SSSR count). The van der Waals surface area contributed by atoms with Crippen molar-refractivity contribution >= 4 is 22.9 Å². The molecule has 1 aliphatic carbocycles. The average Bonchev–Trinajstić information content (AvgIpc) is 3.58. The molecule has 2 aromatic heterocycles. The molecule has 0 bridgehead atoms. The summed E-state index contributed by atoms with van der Waals surface area (Å²) >= 11 is 0. The predicted molar refractivity (Wildman–Crippen MR) is 141 cm³/mol. The Labute approximate surface area is 206 Å². The number of ether oxygens (including phenoxy) is 1. The average molecular weight is 472 g/mol. The molecule has 0 atom stereocenters. The number of benzene rings is 2. The number of hydrogen-bond donors (Lipinski definition) is 3. The van der Waals surface area contributed by atoms with Gasteiger partial charge in [0, 0.05) is 24.7 Å². The van der Waals surface area contributed by atoms with Gasteiger partial charge in [0.25, 0.3) is 0 Å². The van der Waals surface area contributed by atoms with Crippen molar-refractivity contribution in [2.75, 3.05) is 30.8 Å². The van der Waals surface area contributed by atoms with Crippen LogP contribution in [0.3, 0.4) is 0 Å². The Balaban J connectivity index is 1.38. The van der Waals surface area contributed by atoms with Gasteiger partial charge in [-0.15, -0.1) is 0 Å². The molecule has 0 spiro atoms. The van der Waals surface area contributed by atoms with Crippen molar-refractivity contribution in [1.82, 2.24) is 19.5 Å². The molecule has 8 nitrogen and oxygen atoms in total. The Bertz CT molecular complexity index is 1260. The van der Waals surface area contributed by atoms with Crippen LogP contribution in [0.25, 0.3) is 22.3 Å². The summed E-state index contributed by atoms with van der Waals surface area (Å²) < 4.78 is 7.74. The molecule has 0 aliphatic heterocycles. The first-order chi connectivity index (χ1) is 17.3. The zero-order chi connectivity index (χ0) is 24.0. The normalized spacial score (nSPS) is 13.9. The van der Waals surface area contributed by atoms with E-state index < -0.39 is 0 Å². The standard InChI is InChI=1S/C27H33N7O/c1-35-23-10-5-4-9-22(23)20-13-11-19(12-14-20)17-30-25-24-26(33-27(32-25)29-16-6-15-28)34(18-31-24)21-7-2-3-8-21/h4-5,9-14,18,21H,2-3,6-8,15-17,28H2,1H3,(H2,29,30,32,33). The van der Waals surface area contributed by atoms with E-state index in [2.05, 4.69) is 45.5 Å². The van der Waals surface area contributed by atoms with Gasteiger partial charge < -0.3 is 25.7 Å². The zero-order valence-corrected chi connectivity index (χ0v) is 20.2. The number of anilines is 2. The molecule has 4 aromatic rings. The van der Waals surface area contributed by atoms with Gasteiger partial charge in [-0.2, -0.15) is 9.97 Å². The lowest BCUT2D eigenvalue weighted by Crippen LogP contribution is -2.13. The van der Waals surface area contributed by atoms with Gasteiger partial charge in [-0.25, -0.2) is 4.98 Å². The maximum absolute atomic E-state index is 5.67. The highest BCUT2D eigenvalue weighted by molar-refractivity contribution is 5.84. The fraction of sp³-hybridized carbons (Fsp3) is 0.370. The summed E-state index contributed by atoms with van der Waals surface area (Å²) in [4.78, 5) is 14.3. The lowest BCUT2D eigenvalue weighted by atomic mass is 10.0. The van der Waals surface area contributed by atoms with Crippen LogP contribution in [0.5, 0.6) is 5.75 Å². The van der Waals surface area contributed by atoms with E-state index in [0.29, 0.717) is 25.1 Å². The topological polar surface area (TPSA) is 103 Å². The summed E-state index contributed by atoms with van der Waals surface area (Å²) in [5.41, 5.74) is 10.7. The third-order valence-electron chi connectivity index (χ3n) is 6.64. The number of nitrogens with zero attached hydrogens (tertiary/aromatic N) is 4. The van der Waals surface area contributed by atoms with Crippen molar-refractivity contribution in [2.24, 2.45) is 5.73 Å². The van der Waals surface area contributed by atoms with Crippen LogP contribution in [-0.2, 0) is 6.54 Å². The maximum atomic E-state index is 5.67. The molecule has 35 heavy (non-hydrogen) atoms. The van der Waals surface area contributed by atoms with Gasteiger partial charge in [-0.3, -0.25) is 0 Å². The quantitative estimate of drug-likeness (QED) is 0.280. The Morgan fingerprint density at radius 2 is 1.83 bits per heavy atom. The highest BCUT2D eigenvalue weighted by atomic mass is 16.5. The van der Waals surface area contributed by atoms with Gasteiger partial charge in [0.2, 0.25) is 5.95 Å². The molecule has 0 unspecified atom stereocenters. The summed E-state index contributed by atoms with van der Waals surface area (Å²) in [6.07, 6.45) is 7.65. The fourth-order valence-corrected chi connectivity index (χ4v) is 4.74. The van der Waals surface area contributed by atoms with E-state index >= 15 is 0 Å². The molecule has 182 valence electrons. The molecule has 0 saturated heterocycles. The van der Waals surface area contributed by atoms with Crippen LogP contribution in [0.4, 0.5) is 11.8 Å². The molecule has 1 aliphatic rings. The summed E-state index contributed by atoms with van der Waals surface area (Å²) in [7, 11) is 1.70. The van der Waals surface area contributed by atoms with E-state index in [1.165, 1.54) is 25.7 Å². The minimum absolute atomic E-state index is 0.460. The number of fused-ring (bicyclic) bond motifs is 1. The number of nitrogens with one attached hydrogen (secondary N) is 2. The van der Waals surface area contributed by atoms with Crippen LogP contribution in [0, 0.1) is 0 Å². The van der Waals surface area contributed by atoms with Gasteiger partial charge in [-0.05, 0) is 43.0 Å². The van der Waals surface area contributed by atoms with E-state index in [0.717, 1.165) is 52.4 Å².